The Balaban J connectivity index is 1.94. The highest BCUT2D eigenvalue weighted by atomic mass is 16.1. The van der Waals surface area contributed by atoms with Crippen molar-refractivity contribution in [3.63, 3.8) is 0 Å². The van der Waals surface area contributed by atoms with E-state index in [1.807, 2.05) is 0 Å². The van der Waals surface area contributed by atoms with Gasteiger partial charge in [-0.25, -0.2) is 4.98 Å². The molecule has 0 atom stereocenters. The van der Waals surface area contributed by atoms with Gasteiger partial charge in [0, 0.05) is 32.1 Å². The van der Waals surface area contributed by atoms with Crippen molar-refractivity contribution < 1.29 is 4.79 Å². The van der Waals surface area contributed by atoms with Crippen LogP contribution in [0.4, 0.5) is 0 Å². The number of imidazole rings is 1. The summed E-state index contributed by atoms with van der Waals surface area (Å²) in [7, 11) is 0. The first-order valence-electron chi connectivity index (χ1n) is 6.11. The van der Waals surface area contributed by atoms with Crippen molar-refractivity contribution in [2.45, 2.75) is 45.3 Å². The van der Waals surface area contributed by atoms with E-state index in [0.29, 0.717) is 5.69 Å². The Hall–Kier alpha value is -1.16. The van der Waals surface area contributed by atoms with Crippen LogP contribution in [-0.2, 0) is 19.5 Å². The van der Waals surface area contributed by atoms with Gasteiger partial charge in [0.15, 0.2) is 6.29 Å². The molecular formula is C12H17N3O. The Morgan fingerprint density at radius 3 is 2.88 bits per heavy atom. The molecule has 0 unspecified atom stereocenters. The lowest BCUT2D eigenvalue weighted by molar-refractivity contribution is 0.111. The minimum atomic E-state index is 0.655. The van der Waals surface area contributed by atoms with E-state index < -0.39 is 0 Å². The van der Waals surface area contributed by atoms with Crippen molar-refractivity contribution in [3.05, 3.63) is 17.2 Å². The van der Waals surface area contributed by atoms with Crippen LogP contribution in [0.3, 0.4) is 0 Å². The average Bonchev–Trinajstić information content (AvgIpc) is 3.10. The maximum absolute atomic E-state index is 11.0. The van der Waals surface area contributed by atoms with Crippen molar-refractivity contribution in [3.8, 4) is 0 Å². The summed E-state index contributed by atoms with van der Waals surface area (Å²) in [6.07, 6.45) is 4.46. The number of aldehydes is 1. The van der Waals surface area contributed by atoms with E-state index in [1.165, 1.54) is 12.8 Å². The lowest BCUT2D eigenvalue weighted by Gasteiger charge is -2.28. The summed E-state index contributed by atoms with van der Waals surface area (Å²) in [6.45, 7) is 5.11. The molecule has 0 saturated heterocycles. The van der Waals surface area contributed by atoms with Crippen molar-refractivity contribution in [2.24, 2.45) is 0 Å². The molecule has 0 amide bonds. The summed E-state index contributed by atoms with van der Waals surface area (Å²) >= 11 is 0. The number of nitrogens with zero attached hydrogens (tertiary/aromatic N) is 3. The van der Waals surface area contributed by atoms with Crippen molar-refractivity contribution in [1.82, 2.24) is 14.5 Å². The molecular weight excluding hydrogens is 202 g/mol. The standard InChI is InChI=1S/C12H17N3O/c1-2-12-13-10(8-16)11-7-14(9-3-4-9)5-6-15(11)12/h8-9H,2-7H2,1H3. The molecule has 1 aromatic rings. The maximum atomic E-state index is 11.0. The molecule has 0 N–H and O–H groups in total. The summed E-state index contributed by atoms with van der Waals surface area (Å²) in [5.41, 5.74) is 1.78. The van der Waals surface area contributed by atoms with Crippen LogP contribution in [0.15, 0.2) is 0 Å². The normalized spacial score (nSPS) is 20.8. The number of fused-ring (bicyclic) bond motifs is 1. The fraction of sp³-hybridized carbons (Fsp3) is 0.667. The highest BCUT2D eigenvalue weighted by molar-refractivity contribution is 5.74. The first-order valence-corrected chi connectivity index (χ1v) is 6.11. The monoisotopic (exact) mass is 219 g/mol. The zero-order valence-electron chi connectivity index (χ0n) is 9.65. The molecule has 2 heterocycles. The van der Waals surface area contributed by atoms with Crippen molar-refractivity contribution >= 4 is 6.29 Å². The predicted octanol–water partition coefficient (Wildman–Crippen LogP) is 1.24. The van der Waals surface area contributed by atoms with Crippen LogP contribution in [0.1, 0.15) is 41.8 Å². The van der Waals surface area contributed by atoms with Gasteiger partial charge < -0.3 is 4.57 Å². The first-order chi connectivity index (χ1) is 7.83. The number of rotatable bonds is 3. The van der Waals surface area contributed by atoms with Crippen molar-refractivity contribution in [2.75, 3.05) is 6.54 Å². The number of carbonyl (C=O) groups is 1. The Morgan fingerprint density at radius 1 is 1.44 bits per heavy atom. The molecule has 3 rings (SSSR count). The Morgan fingerprint density at radius 2 is 2.25 bits per heavy atom. The van der Waals surface area contributed by atoms with E-state index in [0.717, 1.165) is 49.9 Å². The quantitative estimate of drug-likeness (QED) is 0.718. The number of hydrogen-bond donors (Lipinski definition) is 0. The zero-order valence-corrected chi connectivity index (χ0v) is 9.65. The highest BCUT2D eigenvalue weighted by Gasteiger charge is 2.33. The van der Waals surface area contributed by atoms with Gasteiger partial charge in [-0.1, -0.05) is 6.92 Å². The first kappa shape index (κ1) is 10.0. The Bertz CT molecular complexity index is 420. The van der Waals surface area contributed by atoms with E-state index in [1.54, 1.807) is 0 Å². The molecule has 0 radical (unpaired) electrons. The van der Waals surface area contributed by atoms with E-state index in [4.69, 9.17) is 0 Å². The van der Waals surface area contributed by atoms with Crippen LogP contribution in [0.5, 0.6) is 0 Å². The minimum Gasteiger partial charge on any atom is -0.329 e. The molecule has 0 bridgehead atoms. The SMILES string of the molecule is CCc1nc(C=O)c2n1CCN(C1CC1)C2. The third-order valence-electron chi connectivity index (χ3n) is 3.64. The van der Waals surface area contributed by atoms with Gasteiger partial charge in [0.2, 0.25) is 0 Å². The third-order valence-corrected chi connectivity index (χ3v) is 3.64. The molecule has 2 aliphatic rings. The number of aromatic nitrogens is 2. The maximum Gasteiger partial charge on any atom is 0.170 e. The van der Waals surface area contributed by atoms with Crippen LogP contribution in [0.2, 0.25) is 0 Å². The van der Waals surface area contributed by atoms with Crippen LogP contribution in [0, 0.1) is 0 Å². The van der Waals surface area contributed by atoms with Gasteiger partial charge in [0.05, 0.1) is 5.69 Å². The van der Waals surface area contributed by atoms with Crippen LogP contribution in [-0.4, -0.2) is 33.3 Å². The highest BCUT2D eigenvalue weighted by Crippen LogP contribution is 2.31. The second kappa shape index (κ2) is 3.70. The van der Waals surface area contributed by atoms with E-state index in [9.17, 15) is 4.79 Å². The van der Waals surface area contributed by atoms with E-state index in [2.05, 4.69) is 21.4 Å². The topological polar surface area (TPSA) is 38.1 Å². The third kappa shape index (κ3) is 1.48. The number of carbonyl (C=O) groups excluding carboxylic acids is 1. The average molecular weight is 219 g/mol. The van der Waals surface area contributed by atoms with Crippen molar-refractivity contribution in [1.29, 1.82) is 0 Å². The van der Waals surface area contributed by atoms with Gasteiger partial charge in [0.1, 0.15) is 11.5 Å². The van der Waals surface area contributed by atoms with Gasteiger partial charge in [-0.3, -0.25) is 9.69 Å². The molecule has 4 nitrogen and oxygen atoms in total. The number of aryl methyl sites for hydroxylation is 1. The molecule has 86 valence electrons. The Labute approximate surface area is 95.3 Å². The minimum absolute atomic E-state index is 0.655. The van der Waals surface area contributed by atoms with Gasteiger partial charge in [0.25, 0.3) is 0 Å². The van der Waals surface area contributed by atoms with Gasteiger partial charge in [-0.05, 0) is 12.8 Å². The molecule has 16 heavy (non-hydrogen) atoms. The lowest BCUT2D eigenvalue weighted by Crippen LogP contribution is -2.35. The molecule has 0 aromatic carbocycles. The summed E-state index contributed by atoms with van der Waals surface area (Å²) in [5.74, 6) is 1.06. The largest absolute Gasteiger partial charge is 0.329 e. The summed E-state index contributed by atoms with van der Waals surface area (Å²) in [6, 6.07) is 0.772. The lowest BCUT2D eigenvalue weighted by atomic mass is 10.2. The van der Waals surface area contributed by atoms with Gasteiger partial charge in [-0.15, -0.1) is 0 Å². The fourth-order valence-electron chi connectivity index (χ4n) is 2.60. The zero-order chi connectivity index (χ0) is 11.1. The fourth-order valence-corrected chi connectivity index (χ4v) is 2.60. The molecule has 1 saturated carbocycles. The summed E-state index contributed by atoms with van der Waals surface area (Å²) in [4.78, 5) is 17.9. The summed E-state index contributed by atoms with van der Waals surface area (Å²) in [5, 5.41) is 0. The molecule has 1 fully saturated rings. The van der Waals surface area contributed by atoms with E-state index >= 15 is 0 Å². The van der Waals surface area contributed by atoms with Gasteiger partial charge in [-0.2, -0.15) is 0 Å². The van der Waals surface area contributed by atoms with Gasteiger partial charge >= 0.3 is 0 Å². The molecule has 1 aliphatic heterocycles. The summed E-state index contributed by atoms with van der Waals surface area (Å²) < 4.78 is 2.24. The molecule has 4 heteroatoms. The number of hydrogen-bond acceptors (Lipinski definition) is 3. The van der Waals surface area contributed by atoms with Crippen LogP contribution >= 0.6 is 0 Å². The predicted molar refractivity (Wildman–Crippen MR) is 60.4 cm³/mol. The second-order valence-electron chi connectivity index (χ2n) is 4.68. The molecule has 1 aromatic heterocycles. The van der Waals surface area contributed by atoms with Crippen LogP contribution < -0.4 is 0 Å². The Kier molecular flexibility index (Phi) is 2.32. The second-order valence-corrected chi connectivity index (χ2v) is 4.68. The van der Waals surface area contributed by atoms with E-state index in [-0.39, 0.29) is 0 Å². The molecule has 0 spiro atoms. The smallest absolute Gasteiger partial charge is 0.170 e. The molecule has 1 aliphatic carbocycles. The van der Waals surface area contributed by atoms with Crippen LogP contribution in [0.25, 0.3) is 0 Å².